The van der Waals surface area contributed by atoms with E-state index in [-0.39, 0.29) is 17.5 Å². The third-order valence-corrected chi connectivity index (χ3v) is 31.9. The summed E-state index contributed by atoms with van der Waals surface area (Å²) in [5.74, 6) is 0. The molecule has 0 saturated carbocycles. The SMILES string of the molecule is CC(C)(C)c1cc(-c2ccc(N3c4ccc([Si](c5ccccc5)(c5ccccc5)c5ccccc5)cc4B4c5cccc(-c6ccccc6)c5N(c5ccc([Si](c6ccccc6)(c6ccccc6)c6ccccc6)cc5)c5cc(-n6c7ccccc7c7ccccc76)cc3c54)cc2)cc(C(C)(C)C)c1. The molecule has 0 amide bonds. The van der Waals surface area contributed by atoms with Gasteiger partial charge in [-0.2, -0.15) is 0 Å². The van der Waals surface area contributed by atoms with Crippen LogP contribution in [0.1, 0.15) is 52.7 Å². The molecule has 18 rings (SSSR count). The Balaban J connectivity index is 0.963. The summed E-state index contributed by atoms with van der Waals surface area (Å²) in [4.78, 5) is 5.29. The second-order valence-corrected chi connectivity index (χ2v) is 38.0. The van der Waals surface area contributed by atoms with Gasteiger partial charge in [0.1, 0.15) is 0 Å². The van der Waals surface area contributed by atoms with Crippen LogP contribution in [0.25, 0.3) is 49.7 Å². The van der Waals surface area contributed by atoms with Gasteiger partial charge in [0.15, 0.2) is 16.1 Å². The summed E-state index contributed by atoms with van der Waals surface area (Å²) in [6, 6.07) is 144. The van der Waals surface area contributed by atoms with Crippen molar-refractivity contribution in [2.45, 2.75) is 52.4 Å². The molecule has 0 saturated heterocycles. The van der Waals surface area contributed by atoms with Gasteiger partial charge in [-0.3, -0.25) is 0 Å². The van der Waals surface area contributed by atoms with E-state index < -0.39 is 16.1 Å². The third kappa shape index (κ3) is 10.5. The molecule has 0 aliphatic carbocycles. The minimum absolute atomic E-state index is 0.0412. The first-order chi connectivity index (χ1) is 50.9. The smallest absolute Gasteiger partial charge is 0.252 e. The lowest BCUT2D eigenvalue weighted by Crippen LogP contribution is -2.75. The molecule has 6 heteroatoms. The van der Waals surface area contributed by atoms with Crippen LogP contribution in [-0.2, 0) is 10.8 Å². The van der Waals surface area contributed by atoms with Crippen LogP contribution in [0.2, 0.25) is 0 Å². The molecule has 15 aromatic carbocycles. The van der Waals surface area contributed by atoms with Gasteiger partial charge in [-0.1, -0.05) is 363 Å². The van der Waals surface area contributed by atoms with Crippen molar-refractivity contribution in [3.63, 3.8) is 0 Å². The fourth-order valence-corrected chi connectivity index (χ4v) is 27.0. The van der Waals surface area contributed by atoms with Gasteiger partial charge in [-0.05, 0) is 151 Å². The molecule has 0 atom stereocenters. The van der Waals surface area contributed by atoms with E-state index in [0.717, 1.165) is 50.7 Å². The standard InChI is InChI=1S/C98H80BN3Si2/c1-97(2,3)72-63-71(64-73(65-72)98(4,5)6)69-53-55-74(56-54-69)100-92-62-61-84(104(80-41-22-11-23-42-80,81-43-24-12-25-44-81)82-45-26-13-27-46-82)68-89(92)99-88-50-32-49-85(70-33-14-7-15-34-70)96(88)102(94-67-76(66-93(100)95(94)99)101-90-51-30-28-47-86(90)87-48-29-31-52-91(87)101)75-57-59-83(60-58-75)103(77-35-16-8-17-36-77,78-37-18-9-19-38-78)79-39-20-10-21-40-79/h7-68H,1-6H3. The maximum Gasteiger partial charge on any atom is 0.252 e. The second kappa shape index (κ2) is 25.6. The molecule has 2 aliphatic rings. The Morgan fingerprint density at radius 2 is 0.644 bits per heavy atom. The van der Waals surface area contributed by atoms with E-state index in [1.165, 1.54) is 102 Å². The van der Waals surface area contributed by atoms with Crippen LogP contribution in [0.3, 0.4) is 0 Å². The summed E-state index contributed by atoms with van der Waals surface area (Å²) in [5.41, 5.74) is 21.3. The van der Waals surface area contributed by atoms with Gasteiger partial charge in [-0.15, -0.1) is 0 Å². The van der Waals surface area contributed by atoms with Crippen LogP contribution in [0.5, 0.6) is 0 Å². The van der Waals surface area contributed by atoms with Crippen LogP contribution in [0.4, 0.5) is 34.1 Å². The Labute approximate surface area is 614 Å². The average Bonchev–Trinajstić information content (AvgIpc) is 0.842. The van der Waals surface area contributed by atoms with Gasteiger partial charge in [0.2, 0.25) is 0 Å². The highest BCUT2D eigenvalue weighted by molar-refractivity contribution is 7.20. The first kappa shape index (κ1) is 64.3. The third-order valence-electron chi connectivity index (χ3n) is 22.4. The fraction of sp³-hybridized carbons (Fsp3) is 0.0816. The first-order valence-electron chi connectivity index (χ1n) is 36.7. The molecule has 498 valence electrons. The van der Waals surface area contributed by atoms with Crippen LogP contribution in [-0.4, -0.2) is 27.4 Å². The number of rotatable bonds is 13. The molecule has 0 fully saturated rings. The largest absolute Gasteiger partial charge is 0.311 e. The van der Waals surface area contributed by atoms with E-state index in [9.17, 15) is 0 Å². The Bertz CT molecular complexity index is 5580. The minimum Gasteiger partial charge on any atom is -0.311 e. The highest BCUT2D eigenvalue weighted by Gasteiger charge is 2.49. The van der Waals surface area contributed by atoms with Crippen LogP contribution >= 0.6 is 0 Å². The van der Waals surface area contributed by atoms with E-state index in [4.69, 9.17) is 0 Å². The Hall–Kier alpha value is -11.8. The normalized spacial score (nSPS) is 12.8. The second-order valence-electron chi connectivity index (χ2n) is 30.3. The highest BCUT2D eigenvalue weighted by Crippen LogP contribution is 2.49. The molecule has 0 bridgehead atoms. The van der Waals surface area contributed by atoms with Crippen molar-refractivity contribution in [2.75, 3.05) is 9.80 Å². The number of anilines is 6. The number of benzene rings is 15. The Morgan fingerprint density at radius 3 is 1.11 bits per heavy atom. The fourth-order valence-electron chi connectivity index (χ4n) is 17.4. The van der Waals surface area contributed by atoms with E-state index in [2.05, 4.69) is 432 Å². The van der Waals surface area contributed by atoms with Gasteiger partial charge < -0.3 is 14.4 Å². The summed E-state index contributed by atoms with van der Waals surface area (Å²) in [6.07, 6.45) is 0. The lowest BCUT2D eigenvalue weighted by molar-refractivity contribution is 0.569. The van der Waals surface area contributed by atoms with Crippen molar-refractivity contribution >= 4 is 137 Å². The lowest BCUT2D eigenvalue weighted by atomic mass is 9.33. The van der Waals surface area contributed by atoms with E-state index in [0.29, 0.717) is 0 Å². The Morgan fingerprint density at radius 1 is 0.260 bits per heavy atom. The number of nitrogens with zero attached hydrogens (tertiary/aromatic N) is 3. The molecule has 16 aromatic rings. The molecular weight excluding hydrogens is 1290 g/mol. The topological polar surface area (TPSA) is 11.4 Å². The zero-order valence-corrected chi connectivity index (χ0v) is 61.7. The predicted octanol–water partition coefficient (Wildman–Crippen LogP) is 17.6. The molecule has 104 heavy (non-hydrogen) atoms. The number of fused-ring (bicyclic) bond motifs is 7. The monoisotopic (exact) mass is 1370 g/mol. The summed E-state index contributed by atoms with van der Waals surface area (Å²) in [5, 5.41) is 13.1. The molecule has 3 heterocycles. The minimum atomic E-state index is -3.11. The summed E-state index contributed by atoms with van der Waals surface area (Å²) >= 11 is 0. The molecule has 2 aliphatic heterocycles. The quantitative estimate of drug-likeness (QED) is 0.0842. The van der Waals surface area contributed by atoms with Crippen molar-refractivity contribution in [3.8, 4) is 27.9 Å². The molecule has 3 nitrogen and oxygen atoms in total. The van der Waals surface area contributed by atoms with Gasteiger partial charge in [0.05, 0.1) is 16.7 Å². The molecular formula is C98H80BN3Si2. The van der Waals surface area contributed by atoms with Crippen LogP contribution in [0.15, 0.2) is 376 Å². The number of para-hydroxylation sites is 3. The van der Waals surface area contributed by atoms with Crippen LogP contribution in [0, 0.1) is 0 Å². The zero-order valence-electron chi connectivity index (χ0n) is 59.7. The lowest BCUT2D eigenvalue weighted by Gasteiger charge is -2.46. The maximum absolute atomic E-state index is 3.11. The maximum atomic E-state index is 2.67. The number of hydrogen-bond acceptors (Lipinski definition) is 2. The van der Waals surface area contributed by atoms with E-state index in [1.54, 1.807) is 0 Å². The average molecular weight is 1370 g/mol. The van der Waals surface area contributed by atoms with E-state index in [1.807, 2.05) is 0 Å². The van der Waals surface area contributed by atoms with Gasteiger partial charge in [-0.25, -0.2) is 0 Å². The predicted molar refractivity (Wildman–Crippen MR) is 450 cm³/mol. The molecule has 0 spiro atoms. The number of hydrogen-bond donors (Lipinski definition) is 0. The van der Waals surface area contributed by atoms with Gasteiger partial charge in [0.25, 0.3) is 6.71 Å². The van der Waals surface area contributed by atoms with Crippen molar-refractivity contribution in [2.24, 2.45) is 0 Å². The van der Waals surface area contributed by atoms with Crippen molar-refractivity contribution < 1.29 is 0 Å². The van der Waals surface area contributed by atoms with Gasteiger partial charge in [0, 0.05) is 50.5 Å². The molecule has 0 radical (unpaired) electrons. The van der Waals surface area contributed by atoms with E-state index >= 15 is 0 Å². The zero-order chi connectivity index (χ0) is 70.3. The highest BCUT2D eigenvalue weighted by atomic mass is 28.3. The van der Waals surface area contributed by atoms with Crippen LogP contribution < -0.4 is 67.7 Å². The molecule has 0 unspecified atom stereocenters. The number of aromatic nitrogens is 1. The summed E-state index contributed by atoms with van der Waals surface area (Å²) < 4.78 is 2.53. The molecule has 1 aromatic heterocycles. The summed E-state index contributed by atoms with van der Waals surface area (Å²) in [6.45, 7) is 13.8. The molecule has 0 N–H and O–H groups in total. The van der Waals surface area contributed by atoms with Crippen molar-refractivity contribution in [1.82, 2.24) is 4.57 Å². The van der Waals surface area contributed by atoms with Crippen molar-refractivity contribution in [3.05, 3.63) is 387 Å². The van der Waals surface area contributed by atoms with Crippen molar-refractivity contribution in [1.29, 1.82) is 0 Å². The first-order valence-corrected chi connectivity index (χ1v) is 40.7. The summed E-state index contributed by atoms with van der Waals surface area (Å²) in [7, 11) is -6.06. The van der Waals surface area contributed by atoms with Gasteiger partial charge >= 0.3 is 0 Å². The Kier molecular flexibility index (Phi) is 15.8.